The number of hydrogen-bond acceptors (Lipinski definition) is 6. The summed E-state index contributed by atoms with van der Waals surface area (Å²) in [5.74, 6) is 1.16. The summed E-state index contributed by atoms with van der Waals surface area (Å²) in [7, 11) is 3.81. The zero-order chi connectivity index (χ0) is 21.1. The number of piperidine rings is 1. The van der Waals surface area contributed by atoms with Gasteiger partial charge in [0.05, 0.1) is 29.7 Å². The van der Waals surface area contributed by atoms with Crippen LogP contribution in [0, 0.1) is 6.92 Å². The molecule has 1 fully saturated rings. The second-order valence-corrected chi connectivity index (χ2v) is 7.60. The Kier molecular flexibility index (Phi) is 5.65. The minimum atomic E-state index is -0.123. The molecule has 156 valence electrons. The molecule has 8 nitrogen and oxygen atoms in total. The molecular weight excluding hydrogens is 380 g/mol. The molecule has 0 N–H and O–H groups in total. The van der Waals surface area contributed by atoms with Crippen molar-refractivity contribution in [3.05, 3.63) is 60.2 Å². The highest BCUT2D eigenvalue weighted by molar-refractivity contribution is 5.95. The number of nitrogens with zero attached hydrogens (tertiary/aromatic N) is 6. The molecule has 0 spiro atoms. The number of benzene rings is 1. The predicted octanol–water partition coefficient (Wildman–Crippen LogP) is 2.72. The lowest BCUT2D eigenvalue weighted by Crippen LogP contribution is -2.44. The smallest absolute Gasteiger partial charge is 0.257 e. The van der Waals surface area contributed by atoms with Crippen LogP contribution in [-0.4, -0.2) is 63.8 Å². The summed E-state index contributed by atoms with van der Waals surface area (Å²) in [6, 6.07) is 9.82. The van der Waals surface area contributed by atoms with Crippen molar-refractivity contribution in [2.45, 2.75) is 25.9 Å². The number of ether oxygens (including phenoxy) is 1. The van der Waals surface area contributed by atoms with Gasteiger partial charge in [-0.25, -0.2) is 14.6 Å². The van der Waals surface area contributed by atoms with Crippen LogP contribution in [0.2, 0.25) is 0 Å². The molecule has 0 aliphatic carbocycles. The highest BCUT2D eigenvalue weighted by atomic mass is 16.5. The highest BCUT2D eigenvalue weighted by Gasteiger charge is 2.29. The van der Waals surface area contributed by atoms with E-state index in [1.165, 1.54) is 0 Å². The molecule has 1 atom stereocenters. The summed E-state index contributed by atoms with van der Waals surface area (Å²) < 4.78 is 7.94. The van der Waals surface area contributed by atoms with E-state index >= 15 is 0 Å². The standard InChI is InChI=1S/C22H26N6O2/c1-16-19(14-25-28(16)17-8-5-4-6-9-17)22(29)27-13-7-10-18(15-27)30-21-20(26(2)3)23-11-12-24-21/h4-6,8-9,11-12,14,18H,7,10,13,15H2,1-3H3. The molecule has 1 amide bonds. The summed E-state index contributed by atoms with van der Waals surface area (Å²) in [5.41, 5.74) is 2.39. The maximum atomic E-state index is 13.2. The Morgan fingerprint density at radius 2 is 1.93 bits per heavy atom. The minimum Gasteiger partial charge on any atom is -0.470 e. The lowest BCUT2D eigenvalue weighted by Gasteiger charge is -2.33. The van der Waals surface area contributed by atoms with Crippen molar-refractivity contribution < 1.29 is 9.53 Å². The zero-order valence-corrected chi connectivity index (χ0v) is 17.5. The summed E-state index contributed by atoms with van der Waals surface area (Å²) in [5, 5.41) is 4.43. The highest BCUT2D eigenvalue weighted by Crippen LogP contribution is 2.25. The van der Waals surface area contributed by atoms with Gasteiger partial charge in [0.25, 0.3) is 11.8 Å². The second-order valence-electron chi connectivity index (χ2n) is 7.60. The second kappa shape index (κ2) is 8.52. The van der Waals surface area contributed by atoms with Gasteiger partial charge in [-0.1, -0.05) is 18.2 Å². The Bertz CT molecular complexity index is 1020. The summed E-state index contributed by atoms with van der Waals surface area (Å²) in [6.45, 7) is 3.14. The molecule has 4 rings (SSSR count). The van der Waals surface area contributed by atoms with E-state index < -0.39 is 0 Å². The average molecular weight is 406 g/mol. The van der Waals surface area contributed by atoms with Crippen molar-refractivity contribution in [2.24, 2.45) is 0 Å². The van der Waals surface area contributed by atoms with Crippen molar-refractivity contribution in [3.8, 4) is 11.6 Å². The van der Waals surface area contributed by atoms with E-state index in [-0.39, 0.29) is 12.0 Å². The molecule has 0 bridgehead atoms. The van der Waals surface area contributed by atoms with Crippen LogP contribution in [0.3, 0.4) is 0 Å². The van der Waals surface area contributed by atoms with Crippen LogP contribution in [0.25, 0.3) is 5.69 Å². The van der Waals surface area contributed by atoms with E-state index in [1.54, 1.807) is 23.3 Å². The first-order chi connectivity index (χ1) is 14.5. The summed E-state index contributed by atoms with van der Waals surface area (Å²) >= 11 is 0. The summed E-state index contributed by atoms with van der Waals surface area (Å²) in [4.78, 5) is 25.6. The van der Waals surface area contributed by atoms with Gasteiger partial charge in [0.2, 0.25) is 0 Å². The van der Waals surface area contributed by atoms with E-state index in [0.717, 1.165) is 24.2 Å². The number of para-hydroxylation sites is 1. The Labute approximate surface area is 176 Å². The number of hydrogen-bond donors (Lipinski definition) is 0. The van der Waals surface area contributed by atoms with Crippen LogP contribution < -0.4 is 9.64 Å². The van der Waals surface area contributed by atoms with E-state index in [9.17, 15) is 4.79 Å². The van der Waals surface area contributed by atoms with Gasteiger partial charge in [0, 0.05) is 33.0 Å². The lowest BCUT2D eigenvalue weighted by molar-refractivity contribution is 0.0527. The third kappa shape index (κ3) is 3.98. The van der Waals surface area contributed by atoms with Crippen LogP contribution >= 0.6 is 0 Å². The molecule has 3 heterocycles. The quantitative estimate of drug-likeness (QED) is 0.649. The molecule has 8 heteroatoms. The summed E-state index contributed by atoms with van der Waals surface area (Å²) in [6.07, 6.45) is 6.54. The van der Waals surface area contributed by atoms with Gasteiger partial charge in [-0.05, 0) is 31.9 Å². The monoisotopic (exact) mass is 406 g/mol. The number of carbonyl (C=O) groups is 1. The third-order valence-corrected chi connectivity index (χ3v) is 5.25. The molecular formula is C22H26N6O2. The Hall–Kier alpha value is -3.42. The largest absolute Gasteiger partial charge is 0.470 e. The van der Waals surface area contributed by atoms with E-state index in [1.807, 2.05) is 61.2 Å². The van der Waals surface area contributed by atoms with Crippen LogP contribution in [0.1, 0.15) is 28.9 Å². The molecule has 1 unspecified atom stereocenters. The molecule has 2 aromatic heterocycles. The molecule has 0 radical (unpaired) electrons. The fourth-order valence-corrected chi connectivity index (χ4v) is 3.70. The first-order valence-corrected chi connectivity index (χ1v) is 10.1. The average Bonchev–Trinajstić information content (AvgIpc) is 3.15. The lowest BCUT2D eigenvalue weighted by atomic mass is 10.1. The molecule has 0 saturated carbocycles. The number of amides is 1. The Morgan fingerprint density at radius 1 is 1.17 bits per heavy atom. The van der Waals surface area contributed by atoms with Crippen molar-refractivity contribution >= 4 is 11.7 Å². The molecule has 1 aliphatic heterocycles. The van der Waals surface area contributed by atoms with Gasteiger partial charge >= 0.3 is 0 Å². The molecule has 1 aliphatic rings. The SMILES string of the molecule is Cc1c(C(=O)N2CCCC(Oc3nccnc3N(C)C)C2)cnn1-c1ccccc1. The zero-order valence-electron chi connectivity index (χ0n) is 17.5. The van der Waals surface area contributed by atoms with Gasteiger partial charge in [-0.15, -0.1) is 0 Å². The van der Waals surface area contributed by atoms with Gasteiger partial charge in [0.1, 0.15) is 6.10 Å². The fourth-order valence-electron chi connectivity index (χ4n) is 3.70. The van der Waals surface area contributed by atoms with Gasteiger partial charge in [0.15, 0.2) is 5.82 Å². The van der Waals surface area contributed by atoms with Crippen LogP contribution in [-0.2, 0) is 0 Å². The number of likely N-dealkylation sites (tertiary alicyclic amines) is 1. The Morgan fingerprint density at radius 3 is 2.70 bits per heavy atom. The van der Waals surface area contributed by atoms with Crippen LogP contribution in [0.5, 0.6) is 5.88 Å². The Balaban J connectivity index is 1.49. The fraction of sp³-hybridized carbons (Fsp3) is 0.364. The first-order valence-electron chi connectivity index (χ1n) is 10.1. The van der Waals surface area contributed by atoms with Crippen LogP contribution in [0.15, 0.2) is 48.9 Å². The number of aromatic nitrogens is 4. The van der Waals surface area contributed by atoms with Gasteiger partial charge < -0.3 is 14.5 Å². The first kappa shape index (κ1) is 19.9. The molecule has 30 heavy (non-hydrogen) atoms. The molecule has 1 aromatic carbocycles. The normalized spacial score (nSPS) is 16.4. The van der Waals surface area contributed by atoms with Gasteiger partial charge in [-0.2, -0.15) is 5.10 Å². The maximum Gasteiger partial charge on any atom is 0.257 e. The number of carbonyl (C=O) groups excluding carboxylic acids is 1. The molecule has 3 aromatic rings. The molecule has 1 saturated heterocycles. The van der Waals surface area contributed by atoms with Crippen molar-refractivity contribution in [1.29, 1.82) is 0 Å². The topological polar surface area (TPSA) is 76.4 Å². The minimum absolute atomic E-state index is 0.0186. The van der Waals surface area contributed by atoms with E-state index in [2.05, 4.69) is 15.1 Å². The maximum absolute atomic E-state index is 13.2. The third-order valence-electron chi connectivity index (χ3n) is 5.25. The number of rotatable bonds is 5. The predicted molar refractivity (Wildman–Crippen MR) is 114 cm³/mol. The van der Waals surface area contributed by atoms with Crippen molar-refractivity contribution in [3.63, 3.8) is 0 Å². The van der Waals surface area contributed by atoms with E-state index in [0.29, 0.717) is 30.4 Å². The van der Waals surface area contributed by atoms with Crippen molar-refractivity contribution in [1.82, 2.24) is 24.6 Å². The van der Waals surface area contributed by atoms with Gasteiger partial charge in [-0.3, -0.25) is 4.79 Å². The van der Waals surface area contributed by atoms with Crippen LogP contribution in [0.4, 0.5) is 5.82 Å². The van der Waals surface area contributed by atoms with Crippen molar-refractivity contribution in [2.75, 3.05) is 32.1 Å². The number of anilines is 1. The van der Waals surface area contributed by atoms with E-state index in [4.69, 9.17) is 4.74 Å².